The maximum absolute atomic E-state index is 11.0. The molecule has 3 nitrogen and oxygen atoms in total. The summed E-state index contributed by atoms with van der Waals surface area (Å²) in [4.78, 5) is 12.9. The number of amides is 1. The van der Waals surface area contributed by atoms with Crippen molar-refractivity contribution in [2.75, 3.05) is 6.54 Å². The van der Waals surface area contributed by atoms with Gasteiger partial charge in [0.1, 0.15) is 0 Å². The number of ether oxygens (including phenoxy) is 1. The lowest BCUT2D eigenvalue weighted by Crippen LogP contribution is -2.54. The van der Waals surface area contributed by atoms with Crippen LogP contribution in [0.2, 0.25) is 0 Å². The van der Waals surface area contributed by atoms with Crippen LogP contribution in [0.4, 0.5) is 4.79 Å². The summed E-state index contributed by atoms with van der Waals surface area (Å²) in [5.41, 5.74) is 0. The van der Waals surface area contributed by atoms with E-state index in [1.54, 1.807) is 0 Å². The lowest BCUT2D eigenvalue weighted by atomic mass is 9.89. The van der Waals surface area contributed by atoms with Gasteiger partial charge in [0.05, 0.1) is 0 Å². The Morgan fingerprint density at radius 2 is 2.08 bits per heavy atom. The van der Waals surface area contributed by atoms with E-state index >= 15 is 0 Å². The van der Waals surface area contributed by atoms with Crippen LogP contribution in [0.25, 0.3) is 0 Å². The molecule has 0 radical (unpaired) electrons. The summed E-state index contributed by atoms with van der Waals surface area (Å²) < 4.78 is 4.88. The van der Waals surface area contributed by atoms with Gasteiger partial charge in [-0.3, -0.25) is 4.90 Å². The van der Waals surface area contributed by atoms with Gasteiger partial charge in [-0.2, -0.15) is 0 Å². The number of carbonyl (C=O) groups is 1. The number of rotatable bonds is 2. The van der Waals surface area contributed by atoms with Gasteiger partial charge in [-0.1, -0.05) is 19.3 Å². The van der Waals surface area contributed by atoms with Crippen molar-refractivity contribution in [2.24, 2.45) is 5.92 Å². The average Bonchev–Trinajstić information content (AvgIpc) is 2.16. The van der Waals surface area contributed by atoms with E-state index in [1.165, 1.54) is 32.1 Å². The van der Waals surface area contributed by atoms with Crippen molar-refractivity contribution in [3.05, 3.63) is 0 Å². The molecular formula is C10H17NO2. The van der Waals surface area contributed by atoms with Crippen molar-refractivity contribution < 1.29 is 9.53 Å². The Hall–Kier alpha value is -0.730. The Morgan fingerprint density at radius 3 is 2.62 bits per heavy atom. The fourth-order valence-corrected chi connectivity index (χ4v) is 2.25. The minimum absolute atomic E-state index is 0.0226. The molecule has 74 valence electrons. The minimum atomic E-state index is -0.127. The van der Waals surface area contributed by atoms with Gasteiger partial charge in [-0.05, 0) is 25.7 Å². The Labute approximate surface area is 79.0 Å². The Kier molecular flexibility index (Phi) is 2.42. The van der Waals surface area contributed by atoms with Gasteiger partial charge in [-0.25, -0.2) is 4.79 Å². The highest BCUT2D eigenvalue weighted by atomic mass is 16.6. The van der Waals surface area contributed by atoms with E-state index in [2.05, 4.69) is 0 Å². The van der Waals surface area contributed by atoms with Crippen molar-refractivity contribution in [3.8, 4) is 0 Å². The van der Waals surface area contributed by atoms with E-state index in [-0.39, 0.29) is 12.3 Å². The van der Waals surface area contributed by atoms with Crippen LogP contribution in [-0.2, 0) is 4.74 Å². The highest BCUT2D eigenvalue weighted by molar-refractivity contribution is 5.72. The molecule has 1 saturated carbocycles. The molecule has 1 aliphatic heterocycles. The van der Waals surface area contributed by atoms with Crippen LogP contribution in [0.3, 0.4) is 0 Å². The number of cyclic esters (lactones) is 1. The normalized spacial score (nSPS) is 29.8. The first-order valence-electron chi connectivity index (χ1n) is 5.24. The van der Waals surface area contributed by atoms with E-state index in [4.69, 9.17) is 4.74 Å². The molecule has 1 unspecified atom stereocenters. The Bertz CT molecular complexity index is 199. The van der Waals surface area contributed by atoms with Crippen LogP contribution >= 0.6 is 0 Å². The van der Waals surface area contributed by atoms with Gasteiger partial charge in [0.15, 0.2) is 6.23 Å². The Morgan fingerprint density at radius 1 is 1.38 bits per heavy atom. The minimum Gasteiger partial charge on any atom is -0.425 e. The van der Waals surface area contributed by atoms with Gasteiger partial charge in [0.25, 0.3) is 0 Å². The first-order chi connectivity index (χ1) is 6.27. The van der Waals surface area contributed by atoms with E-state index < -0.39 is 0 Å². The first-order valence-corrected chi connectivity index (χ1v) is 5.24. The molecule has 0 bridgehead atoms. The standard InChI is InChI=1S/C10H17NO2/c1-8-11(10(12)13-8)7-9-5-3-2-4-6-9/h8-9H,2-7H2,1H3. The second kappa shape index (κ2) is 3.56. The molecule has 1 atom stereocenters. The van der Waals surface area contributed by atoms with Gasteiger partial charge in [0.2, 0.25) is 0 Å². The average molecular weight is 183 g/mol. The zero-order chi connectivity index (χ0) is 9.26. The van der Waals surface area contributed by atoms with Crippen molar-refractivity contribution in [1.82, 2.24) is 4.90 Å². The maximum Gasteiger partial charge on any atom is 0.414 e. The van der Waals surface area contributed by atoms with Gasteiger partial charge >= 0.3 is 6.09 Å². The molecule has 0 spiro atoms. The third-order valence-electron chi connectivity index (χ3n) is 3.12. The quantitative estimate of drug-likeness (QED) is 0.657. The highest BCUT2D eigenvalue weighted by Gasteiger charge is 2.35. The predicted molar refractivity (Wildman–Crippen MR) is 49.2 cm³/mol. The smallest absolute Gasteiger partial charge is 0.414 e. The molecule has 2 fully saturated rings. The molecule has 0 aromatic heterocycles. The summed E-state index contributed by atoms with van der Waals surface area (Å²) in [7, 11) is 0. The Balaban J connectivity index is 1.79. The fraction of sp³-hybridized carbons (Fsp3) is 0.900. The fourth-order valence-electron chi connectivity index (χ4n) is 2.25. The third-order valence-corrected chi connectivity index (χ3v) is 3.12. The summed E-state index contributed by atoms with van der Waals surface area (Å²) in [5, 5.41) is 0. The summed E-state index contributed by atoms with van der Waals surface area (Å²) in [5.74, 6) is 0.726. The van der Waals surface area contributed by atoms with Gasteiger partial charge < -0.3 is 4.74 Å². The number of nitrogens with zero attached hydrogens (tertiary/aromatic N) is 1. The zero-order valence-electron chi connectivity index (χ0n) is 8.16. The van der Waals surface area contributed by atoms with E-state index in [9.17, 15) is 4.79 Å². The molecule has 2 rings (SSSR count). The molecule has 3 heteroatoms. The predicted octanol–water partition coefficient (Wildman–Crippen LogP) is 2.36. The molecule has 2 aliphatic rings. The molecule has 0 aromatic rings. The monoisotopic (exact) mass is 183 g/mol. The highest BCUT2D eigenvalue weighted by Crippen LogP contribution is 2.27. The SMILES string of the molecule is CC1OC(=O)N1CC1CCCCC1. The van der Waals surface area contributed by atoms with Crippen molar-refractivity contribution in [2.45, 2.75) is 45.3 Å². The van der Waals surface area contributed by atoms with Crippen LogP contribution in [0.5, 0.6) is 0 Å². The first kappa shape index (κ1) is 8.85. The summed E-state index contributed by atoms with van der Waals surface area (Å²) in [6.45, 7) is 2.85. The molecular weight excluding hydrogens is 166 g/mol. The molecule has 0 aromatic carbocycles. The second-order valence-electron chi connectivity index (χ2n) is 4.14. The van der Waals surface area contributed by atoms with E-state index in [0.29, 0.717) is 0 Å². The van der Waals surface area contributed by atoms with Crippen LogP contribution in [0, 0.1) is 5.92 Å². The number of hydrogen-bond donors (Lipinski definition) is 0. The second-order valence-corrected chi connectivity index (χ2v) is 4.14. The van der Waals surface area contributed by atoms with Gasteiger partial charge in [-0.15, -0.1) is 0 Å². The number of hydrogen-bond acceptors (Lipinski definition) is 2. The van der Waals surface area contributed by atoms with Crippen LogP contribution in [0.15, 0.2) is 0 Å². The maximum atomic E-state index is 11.0. The largest absolute Gasteiger partial charge is 0.425 e. The topological polar surface area (TPSA) is 29.5 Å². The van der Waals surface area contributed by atoms with Crippen molar-refractivity contribution >= 4 is 6.09 Å². The molecule has 1 aliphatic carbocycles. The zero-order valence-corrected chi connectivity index (χ0v) is 8.16. The summed E-state index contributed by atoms with van der Waals surface area (Å²) in [6.07, 6.45) is 6.51. The van der Waals surface area contributed by atoms with E-state index in [1.807, 2.05) is 11.8 Å². The van der Waals surface area contributed by atoms with E-state index in [0.717, 1.165) is 12.5 Å². The van der Waals surface area contributed by atoms with Crippen LogP contribution in [0.1, 0.15) is 39.0 Å². The summed E-state index contributed by atoms with van der Waals surface area (Å²) >= 11 is 0. The molecule has 0 N–H and O–H groups in total. The molecule has 13 heavy (non-hydrogen) atoms. The van der Waals surface area contributed by atoms with Crippen molar-refractivity contribution in [1.29, 1.82) is 0 Å². The van der Waals surface area contributed by atoms with Crippen LogP contribution in [-0.4, -0.2) is 23.8 Å². The number of carbonyl (C=O) groups excluding carboxylic acids is 1. The molecule has 1 heterocycles. The lowest BCUT2D eigenvalue weighted by molar-refractivity contribution is -0.0923. The van der Waals surface area contributed by atoms with Gasteiger partial charge in [0, 0.05) is 6.54 Å². The lowest BCUT2D eigenvalue weighted by Gasteiger charge is -2.40. The molecule has 1 amide bonds. The van der Waals surface area contributed by atoms with Crippen LogP contribution < -0.4 is 0 Å². The molecule has 1 saturated heterocycles. The summed E-state index contributed by atoms with van der Waals surface area (Å²) in [6, 6.07) is 0. The van der Waals surface area contributed by atoms with Crippen molar-refractivity contribution in [3.63, 3.8) is 0 Å². The third kappa shape index (κ3) is 1.79.